The second-order valence-corrected chi connectivity index (χ2v) is 4.33. The Labute approximate surface area is 93.7 Å². The van der Waals surface area contributed by atoms with Crippen LogP contribution in [0.2, 0.25) is 0 Å². The van der Waals surface area contributed by atoms with Gasteiger partial charge in [-0.15, -0.1) is 0 Å². The lowest BCUT2D eigenvalue weighted by Crippen LogP contribution is -2.24. The van der Waals surface area contributed by atoms with Gasteiger partial charge in [-0.25, -0.2) is 0 Å². The highest BCUT2D eigenvalue weighted by Crippen LogP contribution is 2.14. The highest BCUT2D eigenvalue weighted by molar-refractivity contribution is 5.26. The Kier molecular flexibility index (Phi) is 4.40. The van der Waals surface area contributed by atoms with E-state index in [1.165, 1.54) is 23.4 Å². The van der Waals surface area contributed by atoms with Crippen LogP contribution in [0.15, 0.2) is 6.07 Å². The van der Waals surface area contributed by atoms with Crippen molar-refractivity contribution in [3.8, 4) is 0 Å². The predicted molar refractivity (Wildman–Crippen MR) is 66.2 cm³/mol. The van der Waals surface area contributed by atoms with Crippen LogP contribution in [0.5, 0.6) is 0 Å². The molecular weight excluding hydrogens is 184 g/mol. The van der Waals surface area contributed by atoms with Crippen molar-refractivity contribution in [1.29, 1.82) is 0 Å². The zero-order valence-electron chi connectivity index (χ0n) is 10.7. The third-order valence-corrected chi connectivity index (χ3v) is 3.25. The van der Waals surface area contributed by atoms with Crippen molar-refractivity contribution in [1.82, 2.24) is 9.88 Å². The van der Waals surface area contributed by atoms with Gasteiger partial charge in [-0.2, -0.15) is 0 Å². The Morgan fingerprint density at radius 2 is 2.00 bits per heavy atom. The highest BCUT2D eigenvalue weighted by Gasteiger charge is 2.07. The minimum absolute atomic E-state index is 0.606. The second kappa shape index (κ2) is 5.36. The number of aryl methyl sites for hydroxylation is 1. The molecule has 1 rings (SSSR count). The van der Waals surface area contributed by atoms with Crippen molar-refractivity contribution < 1.29 is 0 Å². The van der Waals surface area contributed by atoms with Crippen LogP contribution in [0.4, 0.5) is 0 Å². The first-order chi connectivity index (χ1) is 7.10. The van der Waals surface area contributed by atoms with Crippen molar-refractivity contribution in [3.63, 3.8) is 0 Å². The molecule has 2 nitrogen and oxygen atoms in total. The molecule has 0 spiro atoms. The molecular formula is C13H24N2. The summed E-state index contributed by atoms with van der Waals surface area (Å²) in [6.45, 7) is 13.1. The normalized spacial score (nSPS) is 13.1. The van der Waals surface area contributed by atoms with E-state index in [1.54, 1.807) is 0 Å². The molecule has 0 bridgehead atoms. The SMILES string of the molecule is CCC(C)NCc1cc(C)n(CC)c1C. The van der Waals surface area contributed by atoms with E-state index in [4.69, 9.17) is 0 Å². The van der Waals surface area contributed by atoms with Gasteiger partial charge in [-0.3, -0.25) is 0 Å². The van der Waals surface area contributed by atoms with E-state index < -0.39 is 0 Å². The van der Waals surface area contributed by atoms with E-state index in [-0.39, 0.29) is 0 Å². The van der Waals surface area contributed by atoms with Gasteiger partial charge in [0.1, 0.15) is 0 Å². The van der Waals surface area contributed by atoms with Crippen LogP contribution in [-0.4, -0.2) is 10.6 Å². The van der Waals surface area contributed by atoms with E-state index in [2.05, 4.69) is 50.6 Å². The van der Waals surface area contributed by atoms with Gasteiger partial charge in [0.15, 0.2) is 0 Å². The number of hydrogen-bond acceptors (Lipinski definition) is 1. The van der Waals surface area contributed by atoms with Gasteiger partial charge in [0, 0.05) is 30.5 Å². The summed E-state index contributed by atoms with van der Waals surface area (Å²) in [6, 6.07) is 2.91. The monoisotopic (exact) mass is 208 g/mol. The van der Waals surface area contributed by atoms with Crippen LogP contribution in [0.1, 0.15) is 44.1 Å². The minimum atomic E-state index is 0.606. The number of nitrogens with one attached hydrogen (secondary N) is 1. The molecule has 0 radical (unpaired) electrons. The zero-order chi connectivity index (χ0) is 11.4. The average molecular weight is 208 g/mol. The number of rotatable bonds is 5. The topological polar surface area (TPSA) is 17.0 Å². The van der Waals surface area contributed by atoms with Crippen molar-refractivity contribution in [2.24, 2.45) is 0 Å². The van der Waals surface area contributed by atoms with E-state index in [0.717, 1.165) is 13.1 Å². The summed E-state index contributed by atoms with van der Waals surface area (Å²) in [5.74, 6) is 0. The number of nitrogens with zero attached hydrogens (tertiary/aromatic N) is 1. The quantitative estimate of drug-likeness (QED) is 0.787. The van der Waals surface area contributed by atoms with E-state index in [9.17, 15) is 0 Å². The smallest absolute Gasteiger partial charge is 0.0225 e. The van der Waals surface area contributed by atoms with Crippen LogP contribution < -0.4 is 5.32 Å². The maximum absolute atomic E-state index is 3.54. The van der Waals surface area contributed by atoms with Crippen LogP contribution in [-0.2, 0) is 13.1 Å². The molecule has 86 valence electrons. The molecule has 0 aliphatic rings. The summed E-state index contributed by atoms with van der Waals surface area (Å²) in [5, 5.41) is 3.54. The summed E-state index contributed by atoms with van der Waals surface area (Å²) in [7, 11) is 0. The molecule has 0 saturated carbocycles. The third-order valence-electron chi connectivity index (χ3n) is 3.25. The fraction of sp³-hybridized carbons (Fsp3) is 0.692. The summed E-state index contributed by atoms with van der Waals surface area (Å²) in [6.07, 6.45) is 1.19. The summed E-state index contributed by atoms with van der Waals surface area (Å²) in [4.78, 5) is 0. The lowest BCUT2D eigenvalue weighted by Gasteiger charge is -2.11. The fourth-order valence-electron chi connectivity index (χ4n) is 1.97. The van der Waals surface area contributed by atoms with Crippen LogP contribution in [0.3, 0.4) is 0 Å². The Balaban J connectivity index is 2.70. The molecule has 0 aliphatic heterocycles. The highest BCUT2D eigenvalue weighted by atomic mass is 15.0. The van der Waals surface area contributed by atoms with Crippen molar-refractivity contribution in [2.75, 3.05) is 0 Å². The predicted octanol–water partition coefficient (Wildman–Crippen LogP) is 3.01. The number of aromatic nitrogens is 1. The third kappa shape index (κ3) is 2.85. The fourth-order valence-corrected chi connectivity index (χ4v) is 1.97. The molecule has 1 aromatic heterocycles. The first kappa shape index (κ1) is 12.3. The average Bonchev–Trinajstić information content (AvgIpc) is 2.50. The Morgan fingerprint density at radius 3 is 2.47 bits per heavy atom. The van der Waals surface area contributed by atoms with Gasteiger partial charge in [0.25, 0.3) is 0 Å². The van der Waals surface area contributed by atoms with Gasteiger partial charge in [-0.05, 0) is 45.7 Å². The summed E-state index contributed by atoms with van der Waals surface area (Å²) >= 11 is 0. The molecule has 2 heteroatoms. The van der Waals surface area contributed by atoms with Crippen LogP contribution in [0, 0.1) is 13.8 Å². The van der Waals surface area contributed by atoms with Gasteiger partial charge in [-0.1, -0.05) is 6.92 Å². The molecule has 1 aromatic rings. The molecule has 0 saturated heterocycles. The van der Waals surface area contributed by atoms with Gasteiger partial charge < -0.3 is 9.88 Å². The van der Waals surface area contributed by atoms with Crippen molar-refractivity contribution in [2.45, 2.75) is 60.2 Å². The lowest BCUT2D eigenvalue weighted by atomic mass is 10.2. The van der Waals surface area contributed by atoms with Crippen LogP contribution >= 0.6 is 0 Å². The van der Waals surface area contributed by atoms with E-state index in [1.807, 2.05) is 0 Å². The molecule has 1 unspecified atom stereocenters. The lowest BCUT2D eigenvalue weighted by molar-refractivity contribution is 0.532. The Morgan fingerprint density at radius 1 is 1.33 bits per heavy atom. The maximum atomic E-state index is 3.54. The minimum Gasteiger partial charge on any atom is -0.349 e. The Bertz CT molecular complexity index is 313. The first-order valence-electron chi connectivity index (χ1n) is 5.99. The van der Waals surface area contributed by atoms with Gasteiger partial charge in [0.05, 0.1) is 0 Å². The van der Waals surface area contributed by atoms with Crippen LogP contribution in [0.25, 0.3) is 0 Å². The maximum Gasteiger partial charge on any atom is 0.0225 e. The summed E-state index contributed by atoms with van der Waals surface area (Å²) < 4.78 is 2.37. The number of hydrogen-bond donors (Lipinski definition) is 1. The molecule has 0 fully saturated rings. The zero-order valence-corrected chi connectivity index (χ0v) is 10.7. The van der Waals surface area contributed by atoms with E-state index >= 15 is 0 Å². The Hall–Kier alpha value is -0.760. The molecule has 0 aromatic carbocycles. The summed E-state index contributed by atoms with van der Waals surface area (Å²) in [5.41, 5.74) is 4.22. The van der Waals surface area contributed by atoms with Crippen molar-refractivity contribution in [3.05, 3.63) is 23.0 Å². The molecule has 0 amide bonds. The van der Waals surface area contributed by atoms with Crippen molar-refractivity contribution >= 4 is 0 Å². The molecule has 1 heterocycles. The first-order valence-corrected chi connectivity index (χ1v) is 5.99. The molecule has 1 N–H and O–H groups in total. The van der Waals surface area contributed by atoms with Gasteiger partial charge in [0.2, 0.25) is 0 Å². The second-order valence-electron chi connectivity index (χ2n) is 4.33. The standard InChI is InChI=1S/C13H24N2/c1-6-10(3)14-9-13-8-11(4)15(7-2)12(13)5/h8,10,14H,6-7,9H2,1-5H3. The largest absolute Gasteiger partial charge is 0.349 e. The molecule has 0 aliphatic carbocycles. The molecule has 1 atom stereocenters. The molecule has 15 heavy (non-hydrogen) atoms. The van der Waals surface area contributed by atoms with E-state index in [0.29, 0.717) is 6.04 Å². The van der Waals surface area contributed by atoms with Gasteiger partial charge >= 0.3 is 0 Å².